The fourth-order valence-electron chi connectivity index (χ4n) is 1.70. The van der Waals surface area contributed by atoms with Gasteiger partial charge in [0, 0.05) is 6.04 Å². The topological polar surface area (TPSA) is 69.6 Å². The first-order valence-corrected chi connectivity index (χ1v) is 6.23. The van der Waals surface area contributed by atoms with E-state index in [1.165, 1.54) is 0 Å². The molecule has 0 bridgehead atoms. The smallest absolute Gasteiger partial charge is 0.312 e. The number of carboxylic acids is 1. The van der Waals surface area contributed by atoms with Gasteiger partial charge in [0.2, 0.25) is 5.91 Å². The van der Waals surface area contributed by atoms with Crippen LogP contribution in [0.5, 0.6) is 0 Å². The molecule has 2 N–H and O–H groups in total. The monoisotopic (exact) mass is 244 g/mol. The van der Waals surface area contributed by atoms with Gasteiger partial charge in [0.1, 0.15) is 6.42 Å². The molecule has 0 radical (unpaired) electrons. The van der Waals surface area contributed by atoms with Crippen LogP contribution in [0.4, 0.5) is 0 Å². The number of amides is 1. The minimum atomic E-state index is -1.09. The van der Waals surface area contributed by atoms with Gasteiger partial charge in [-0.3, -0.25) is 9.59 Å². The van der Waals surface area contributed by atoms with Crippen LogP contribution >= 0.6 is 0 Å². The van der Waals surface area contributed by atoms with Crippen LogP contribution in [0.2, 0.25) is 0 Å². The normalized spacial score (nSPS) is 12.5. The average molecular weight is 244 g/mol. The summed E-state index contributed by atoms with van der Waals surface area (Å²) in [6.45, 7) is 9.25. The quantitative estimate of drug-likeness (QED) is 0.596. The van der Waals surface area contributed by atoms with Crippen LogP contribution in [0.25, 0.3) is 0 Å². The predicted molar refractivity (Wildman–Crippen MR) is 66.9 cm³/mol. The number of carboxylic acid groups (broad SMARTS) is 1. The Labute approximate surface area is 103 Å². The van der Waals surface area contributed by atoms with Crippen molar-refractivity contribution in [2.24, 2.45) is 0 Å². The minimum absolute atomic E-state index is 0.0393. The third-order valence-corrected chi connectivity index (χ3v) is 2.73. The molecule has 0 rings (SSSR count). The molecule has 0 spiro atoms. The Hall–Kier alpha value is -1.10. The lowest BCUT2D eigenvalue weighted by Gasteiger charge is -2.19. The Balaban J connectivity index is 3.68. The number of carbonyl (C=O) groups is 2. The molecule has 17 heavy (non-hydrogen) atoms. The lowest BCUT2D eigenvalue weighted by Crippen LogP contribution is -2.34. The van der Waals surface area contributed by atoms with Gasteiger partial charge in [0.15, 0.2) is 0 Å². The van der Waals surface area contributed by atoms with Crippen molar-refractivity contribution in [1.29, 1.82) is 0 Å². The van der Waals surface area contributed by atoms with Crippen LogP contribution < -0.4 is 5.32 Å². The summed E-state index contributed by atoms with van der Waals surface area (Å²) >= 11 is 0. The molecule has 1 amide bonds. The zero-order chi connectivity index (χ0) is 13.3. The van der Waals surface area contributed by atoms with E-state index in [-0.39, 0.29) is 6.04 Å². The highest BCUT2D eigenvalue weighted by Gasteiger charge is 2.10. The Morgan fingerprint density at radius 3 is 2.35 bits per heavy atom. The van der Waals surface area contributed by atoms with Gasteiger partial charge >= 0.3 is 5.97 Å². The second-order valence-electron chi connectivity index (χ2n) is 4.21. The Morgan fingerprint density at radius 2 is 1.88 bits per heavy atom. The van der Waals surface area contributed by atoms with Crippen LogP contribution in [0.1, 0.15) is 40.0 Å². The maximum absolute atomic E-state index is 11.2. The standard InChI is InChI=1S/C12H24N2O3/c1-4-14(5-2)8-6-7-10(3)13-11(15)9-12(16)17/h10H,4-9H2,1-3H3,(H,13,15)(H,16,17). The van der Waals surface area contributed by atoms with Crippen molar-refractivity contribution in [3.63, 3.8) is 0 Å². The number of rotatable bonds is 9. The van der Waals surface area contributed by atoms with E-state index in [2.05, 4.69) is 24.1 Å². The van der Waals surface area contributed by atoms with Gasteiger partial charge in [-0.05, 0) is 39.4 Å². The summed E-state index contributed by atoms with van der Waals surface area (Å²) < 4.78 is 0. The molecule has 0 saturated carbocycles. The number of nitrogens with zero attached hydrogens (tertiary/aromatic N) is 1. The minimum Gasteiger partial charge on any atom is -0.481 e. The molecule has 5 heteroatoms. The number of carbonyl (C=O) groups excluding carboxylic acids is 1. The van der Waals surface area contributed by atoms with E-state index in [9.17, 15) is 9.59 Å². The van der Waals surface area contributed by atoms with Crippen LogP contribution in [0, 0.1) is 0 Å². The molecule has 0 aliphatic rings. The van der Waals surface area contributed by atoms with Crippen LogP contribution in [0.3, 0.4) is 0 Å². The fraction of sp³-hybridized carbons (Fsp3) is 0.833. The van der Waals surface area contributed by atoms with Gasteiger partial charge in [-0.15, -0.1) is 0 Å². The second kappa shape index (κ2) is 8.98. The molecule has 0 aromatic carbocycles. The summed E-state index contributed by atoms with van der Waals surface area (Å²) in [6.07, 6.45) is 1.44. The maximum atomic E-state index is 11.2. The first-order valence-electron chi connectivity index (χ1n) is 6.23. The molecule has 100 valence electrons. The first kappa shape index (κ1) is 15.9. The summed E-state index contributed by atoms with van der Waals surface area (Å²) in [6, 6.07) is 0.0393. The van der Waals surface area contributed by atoms with Gasteiger partial charge < -0.3 is 15.3 Å². The molecule has 0 saturated heterocycles. The lowest BCUT2D eigenvalue weighted by molar-refractivity contribution is -0.140. The van der Waals surface area contributed by atoms with Gasteiger partial charge in [-0.1, -0.05) is 13.8 Å². The summed E-state index contributed by atoms with van der Waals surface area (Å²) in [5.41, 5.74) is 0. The first-order chi connectivity index (χ1) is 7.99. The Bertz CT molecular complexity index is 240. The molecule has 0 aliphatic carbocycles. The maximum Gasteiger partial charge on any atom is 0.312 e. The lowest BCUT2D eigenvalue weighted by atomic mass is 10.1. The van der Waals surface area contributed by atoms with E-state index in [0.29, 0.717) is 0 Å². The number of aliphatic carboxylic acids is 1. The van der Waals surface area contributed by atoms with Crippen molar-refractivity contribution in [2.75, 3.05) is 19.6 Å². The zero-order valence-corrected chi connectivity index (χ0v) is 11.0. The summed E-state index contributed by atoms with van der Waals surface area (Å²) in [7, 11) is 0. The third kappa shape index (κ3) is 8.68. The van der Waals surface area contributed by atoms with E-state index >= 15 is 0 Å². The highest BCUT2D eigenvalue weighted by molar-refractivity contribution is 5.93. The van der Waals surface area contributed by atoms with Crippen LogP contribution in [0.15, 0.2) is 0 Å². The second-order valence-corrected chi connectivity index (χ2v) is 4.21. The highest BCUT2D eigenvalue weighted by Crippen LogP contribution is 2.00. The zero-order valence-electron chi connectivity index (χ0n) is 11.0. The Morgan fingerprint density at radius 1 is 1.29 bits per heavy atom. The Kier molecular flexibility index (Phi) is 8.40. The number of hydrogen-bond donors (Lipinski definition) is 2. The van der Waals surface area contributed by atoms with E-state index in [0.717, 1.165) is 32.5 Å². The van der Waals surface area contributed by atoms with Crippen molar-refractivity contribution in [3.05, 3.63) is 0 Å². The third-order valence-electron chi connectivity index (χ3n) is 2.73. The van der Waals surface area contributed by atoms with E-state index in [1.807, 2.05) is 6.92 Å². The molecular formula is C12H24N2O3. The molecule has 0 aliphatic heterocycles. The largest absolute Gasteiger partial charge is 0.481 e. The van der Waals surface area contributed by atoms with E-state index in [1.54, 1.807) is 0 Å². The molecule has 1 atom stereocenters. The molecule has 0 aromatic heterocycles. The van der Waals surface area contributed by atoms with Crippen molar-refractivity contribution in [2.45, 2.75) is 46.1 Å². The summed E-state index contributed by atoms with van der Waals surface area (Å²) in [5, 5.41) is 11.1. The van der Waals surface area contributed by atoms with E-state index in [4.69, 9.17) is 5.11 Å². The van der Waals surface area contributed by atoms with Gasteiger partial charge in [0.25, 0.3) is 0 Å². The molecule has 1 unspecified atom stereocenters. The molecule has 5 nitrogen and oxygen atoms in total. The van der Waals surface area contributed by atoms with Crippen LogP contribution in [-0.4, -0.2) is 47.6 Å². The van der Waals surface area contributed by atoms with Gasteiger partial charge in [-0.25, -0.2) is 0 Å². The average Bonchev–Trinajstić information content (AvgIpc) is 2.23. The van der Waals surface area contributed by atoms with Crippen molar-refractivity contribution < 1.29 is 14.7 Å². The van der Waals surface area contributed by atoms with Crippen molar-refractivity contribution in [3.8, 4) is 0 Å². The SMILES string of the molecule is CCN(CC)CCCC(C)NC(=O)CC(=O)O. The number of nitrogens with one attached hydrogen (secondary N) is 1. The van der Waals surface area contributed by atoms with E-state index < -0.39 is 18.3 Å². The summed E-state index contributed by atoms with van der Waals surface area (Å²) in [4.78, 5) is 23.8. The van der Waals surface area contributed by atoms with Crippen molar-refractivity contribution >= 4 is 11.9 Å². The number of hydrogen-bond acceptors (Lipinski definition) is 3. The van der Waals surface area contributed by atoms with Crippen LogP contribution in [-0.2, 0) is 9.59 Å². The van der Waals surface area contributed by atoms with Crippen molar-refractivity contribution in [1.82, 2.24) is 10.2 Å². The summed E-state index contributed by atoms with van der Waals surface area (Å²) in [5.74, 6) is -1.49. The predicted octanol–water partition coefficient (Wildman–Crippen LogP) is 1.09. The van der Waals surface area contributed by atoms with Gasteiger partial charge in [0.05, 0.1) is 0 Å². The van der Waals surface area contributed by atoms with Gasteiger partial charge in [-0.2, -0.15) is 0 Å². The molecule has 0 heterocycles. The fourth-order valence-corrected chi connectivity index (χ4v) is 1.70. The molecule has 0 fully saturated rings. The molecular weight excluding hydrogens is 220 g/mol. The highest BCUT2D eigenvalue weighted by atomic mass is 16.4. The molecule has 0 aromatic rings.